The Balaban J connectivity index is 2.15. The van der Waals surface area contributed by atoms with Gasteiger partial charge < -0.3 is 9.31 Å². The van der Waals surface area contributed by atoms with Gasteiger partial charge in [0, 0.05) is 6.20 Å². The van der Waals surface area contributed by atoms with E-state index >= 15 is 0 Å². The van der Waals surface area contributed by atoms with Gasteiger partial charge in [0.25, 0.3) is 0 Å². The predicted molar refractivity (Wildman–Crippen MR) is 80.9 cm³/mol. The lowest BCUT2D eigenvalue weighted by Gasteiger charge is -2.32. The molecule has 1 aromatic rings. The number of thiazole rings is 1. The second-order valence-electron chi connectivity index (χ2n) is 5.66. The molecule has 1 N–H and O–H groups in total. The standard InChI is InChI=1S/C11H19BN2O4S2/c1-6-20(15,16)14-9-13-7-8(19-9)12-17-10(2,3)11(4,5)18-12/h7H,6H2,1-5H3,(H,13,14). The van der Waals surface area contributed by atoms with Crippen molar-refractivity contribution < 1.29 is 17.7 Å². The predicted octanol–water partition coefficient (Wildman–Crippen LogP) is 1.20. The Morgan fingerprint density at radius 1 is 1.30 bits per heavy atom. The average molecular weight is 318 g/mol. The van der Waals surface area contributed by atoms with Crippen LogP contribution in [-0.4, -0.2) is 37.5 Å². The molecule has 0 bridgehead atoms. The number of hydrogen-bond donors (Lipinski definition) is 1. The van der Waals surface area contributed by atoms with Crippen molar-refractivity contribution in [1.82, 2.24) is 4.98 Å². The monoisotopic (exact) mass is 318 g/mol. The SMILES string of the molecule is CCS(=O)(=O)Nc1ncc(B2OC(C)(C)C(C)(C)O2)s1. The van der Waals surface area contributed by atoms with Gasteiger partial charge >= 0.3 is 7.12 Å². The third kappa shape index (κ3) is 3.00. The molecular formula is C11H19BN2O4S2. The molecule has 112 valence electrons. The van der Waals surface area contributed by atoms with Crippen LogP contribution in [0.2, 0.25) is 0 Å². The van der Waals surface area contributed by atoms with Crippen LogP contribution in [-0.2, 0) is 19.3 Å². The lowest BCUT2D eigenvalue weighted by atomic mass is 9.89. The van der Waals surface area contributed by atoms with Gasteiger partial charge in [-0.15, -0.1) is 11.3 Å². The Hall–Kier alpha value is -0.635. The molecule has 1 fully saturated rings. The van der Waals surface area contributed by atoms with Gasteiger partial charge in [-0.25, -0.2) is 13.4 Å². The fourth-order valence-electron chi connectivity index (χ4n) is 1.61. The van der Waals surface area contributed by atoms with Crippen molar-refractivity contribution in [1.29, 1.82) is 0 Å². The molecule has 0 radical (unpaired) electrons. The van der Waals surface area contributed by atoms with Crippen LogP contribution in [0.15, 0.2) is 6.20 Å². The summed E-state index contributed by atoms with van der Waals surface area (Å²) in [7, 11) is -3.83. The van der Waals surface area contributed by atoms with Crippen molar-refractivity contribution in [3.8, 4) is 0 Å². The number of hydrogen-bond acceptors (Lipinski definition) is 6. The lowest BCUT2D eigenvalue weighted by Crippen LogP contribution is -2.41. The highest BCUT2D eigenvalue weighted by atomic mass is 32.2. The van der Waals surface area contributed by atoms with Crippen LogP contribution in [0.4, 0.5) is 5.13 Å². The van der Waals surface area contributed by atoms with Crippen molar-refractivity contribution in [2.24, 2.45) is 0 Å². The van der Waals surface area contributed by atoms with Gasteiger partial charge in [0.2, 0.25) is 10.0 Å². The topological polar surface area (TPSA) is 77.5 Å². The van der Waals surface area contributed by atoms with E-state index in [0.29, 0.717) is 5.13 Å². The molecule has 0 saturated carbocycles. The van der Waals surface area contributed by atoms with Gasteiger partial charge in [-0.1, -0.05) is 0 Å². The summed E-state index contributed by atoms with van der Waals surface area (Å²) in [6, 6.07) is 0. The Morgan fingerprint density at radius 3 is 2.35 bits per heavy atom. The summed E-state index contributed by atoms with van der Waals surface area (Å²) in [5.74, 6) is 0.0123. The fraction of sp³-hybridized carbons (Fsp3) is 0.727. The quantitative estimate of drug-likeness (QED) is 0.844. The molecule has 1 saturated heterocycles. The number of nitrogens with zero attached hydrogens (tertiary/aromatic N) is 1. The molecule has 1 aliphatic heterocycles. The molecule has 1 aliphatic rings. The minimum atomic E-state index is -3.31. The fourth-order valence-corrected chi connectivity index (χ4v) is 3.24. The molecule has 20 heavy (non-hydrogen) atoms. The smallest absolute Gasteiger partial charge is 0.399 e. The van der Waals surface area contributed by atoms with E-state index in [9.17, 15) is 8.42 Å². The molecule has 0 amide bonds. The zero-order chi connectivity index (χ0) is 15.2. The van der Waals surface area contributed by atoms with E-state index in [1.807, 2.05) is 27.7 Å². The van der Waals surface area contributed by atoms with E-state index in [2.05, 4.69) is 9.71 Å². The molecule has 0 aliphatic carbocycles. The molecule has 2 heterocycles. The van der Waals surface area contributed by atoms with Gasteiger partial charge in [-0.2, -0.15) is 0 Å². The Labute approximate surface area is 124 Å². The van der Waals surface area contributed by atoms with Gasteiger partial charge in [-0.05, 0) is 34.6 Å². The molecule has 6 nitrogen and oxygen atoms in total. The molecule has 0 spiro atoms. The van der Waals surface area contributed by atoms with Crippen LogP contribution in [0.25, 0.3) is 0 Å². The van der Waals surface area contributed by atoms with Crippen LogP contribution in [0.1, 0.15) is 34.6 Å². The number of nitrogens with one attached hydrogen (secondary N) is 1. The molecule has 0 unspecified atom stereocenters. The van der Waals surface area contributed by atoms with E-state index in [-0.39, 0.29) is 5.75 Å². The normalized spacial score (nSPS) is 21.1. The Kier molecular flexibility index (Phi) is 3.92. The van der Waals surface area contributed by atoms with Crippen molar-refractivity contribution in [3.05, 3.63) is 6.20 Å². The molecular weight excluding hydrogens is 299 g/mol. The molecule has 9 heteroatoms. The molecule has 2 rings (SSSR count). The van der Waals surface area contributed by atoms with Gasteiger partial charge in [-0.3, -0.25) is 4.72 Å². The van der Waals surface area contributed by atoms with Crippen LogP contribution in [0, 0.1) is 0 Å². The van der Waals surface area contributed by atoms with Crippen molar-refractivity contribution in [2.75, 3.05) is 10.5 Å². The zero-order valence-corrected chi connectivity index (χ0v) is 13.9. The third-order valence-electron chi connectivity index (χ3n) is 3.63. The first-order valence-electron chi connectivity index (χ1n) is 6.38. The second-order valence-corrected chi connectivity index (χ2v) is 8.73. The first-order valence-corrected chi connectivity index (χ1v) is 8.85. The summed E-state index contributed by atoms with van der Waals surface area (Å²) >= 11 is 1.22. The highest BCUT2D eigenvalue weighted by Gasteiger charge is 2.52. The first kappa shape index (κ1) is 15.7. The van der Waals surface area contributed by atoms with Crippen molar-refractivity contribution in [3.63, 3.8) is 0 Å². The Bertz CT molecular complexity index is 581. The summed E-state index contributed by atoms with van der Waals surface area (Å²) in [6.45, 7) is 9.44. The van der Waals surface area contributed by atoms with Crippen LogP contribution < -0.4 is 9.50 Å². The summed E-state index contributed by atoms with van der Waals surface area (Å²) in [5.41, 5.74) is -0.852. The van der Waals surface area contributed by atoms with Crippen LogP contribution in [0.5, 0.6) is 0 Å². The van der Waals surface area contributed by atoms with Gasteiger partial charge in [0.05, 0.1) is 21.7 Å². The van der Waals surface area contributed by atoms with Gasteiger partial charge in [0.1, 0.15) is 0 Å². The number of sulfonamides is 1. The van der Waals surface area contributed by atoms with E-state index in [1.165, 1.54) is 11.3 Å². The molecule has 0 atom stereocenters. The zero-order valence-electron chi connectivity index (χ0n) is 12.3. The van der Waals surface area contributed by atoms with E-state index < -0.39 is 28.3 Å². The third-order valence-corrected chi connectivity index (χ3v) is 5.96. The number of rotatable bonds is 4. The minimum Gasteiger partial charge on any atom is -0.399 e. The summed E-state index contributed by atoms with van der Waals surface area (Å²) in [5, 5.41) is 0.330. The van der Waals surface area contributed by atoms with Gasteiger partial charge in [0.15, 0.2) is 5.13 Å². The highest BCUT2D eigenvalue weighted by Crippen LogP contribution is 2.37. The number of aromatic nitrogens is 1. The maximum Gasteiger partial charge on any atom is 0.507 e. The van der Waals surface area contributed by atoms with E-state index in [1.54, 1.807) is 13.1 Å². The van der Waals surface area contributed by atoms with Crippen molar-refractivity contribution in [2.45, 2.75) is 45.8 Å². The molecule has 1 aromatic heterocycles. The maximum atomic E-state index is 11.5. The first-order chi connectivity index (χ1) is 9.06. The summed E-state index contributed by atoms with van der Waals surface area (Å²) in [6.07, 6.45) is 1.58. The van der Waals surface area contributed by atoms with Crippen LogP contribution in [0.3, 0.4) is 0 Å². The highest BCUT2D eigenvalue weighted by molar-refractivity contribution is 7.92. The summed E-state index contributed by atoms with van der Waals surface area (Å²) in [4.78, 5) is 4.06. The molecule has 0 aromatic carbocycles. The minimum absolute atomic E-state index is 0.0123. The summed E-state index contributed by atoms with van der Waals surface area (Å²) < 4.78 is 37.9. The lowest BCUT2D eigenvalue weighted by molar-refractivity contribution is 0.00578. The van der Waals surface area contributed by atoms with E-state index in [0.717, 1.165) is 4.78 Å². The van der Waals surface area contributed by atoms with Crippen molar-refractivity contribution >= 4 is 38.4 Å². The Morgan fingerprint density at radius 2 is 1.85 bits per heavy atom. The largest absolute Gasteiger partial charge is 0.507 e. The van der Waals surface area contributed by atoms with Crippen LogP contribution >= 0.6 is 11.3 Å². The second kappa shape index (κ2) is 4.97. The number of anilines is 1. The van der Waals surface area contributed by atoms with E-state index in [4.69, 9.17) is 9.31 Å². The maximum absolute atomic E-state index is 11.5. The average Bonchev–Trinajstić information content (AvgIpc) is 2.82.